The van der Waals surface area contributed by atoms with E-state index in [1.807, 2.05) is 19.2 Å². The van der Waals surface area contributed by atoms with Gasteiger partial charge < -0.3 is 9.80 Å². The lowest BCUT2D eigenvalue weighted by molar-refractivity contribution is 0.0605. The summed E-state index contributed by atoms with van der Waals surface area (Å²) in [7, 11) is 0. The van der Waals surface area contributed by atoms with Crippen molar-refractivity contribution in [1.82, 2.24) is 19.5 Å². The number of hydrogen-bond acceptors (Lipinski definition) is 5. The molecule has 0 unspecified atom stereocenters. The fraction of sp³-hybridized carbons (Fsp3) is 0.440. The normalized spacial score (nSPS) is 22.9. The molecular formula is C25H26ClFN6O. The zero-order valence-electron chi connectivity index (χ0n) is 19.2. The molecule has 0 spiro atoms. The van der Waals surface area contributed by atoms with Crippen molar-refractivity contribution >= 4 is 29.0 Å². The van der Waals surface area contributed by atoms with Gasteiger partial charge in [-0.1, -0.05) is 24.6 Å². The third-order valence-corrected chi connectivity index (χ3v) is 7.37. The molecule has 5 rings (SSSR count). The Balaban J connectivity index is 1.47. The zero-order chi connectivity index (χ0) is 24.0. The lowest BCUT2D eigenvalue weighted by Crippen LogP contribution is -2.39. The predicted octanol–water partition coefficient (Wildman–Crippen LogP) is 4.79. The number of aromatic nitrogens is 3. The van der Waals surface area contributed by atoms with Crippen LogP contribution in [0.15, 0.2) is 30.5 Å². The van der Waals surface area contributed by atoms with E-state index in [-0.39, 0.29) is 28.5 Å². The maximum absolute atomic E-state index is 14.0. The van der Waals surface area contributed by atoms with Gasteiger partial charge in [-0.25, -0.2) is 13.9 Å². The molecule has 2 saturated heterocycles. The number of likely N-dealkylation sites (tertiary alicyclic amines) is 1. The van der Waals surface area contributed by atoms with Gasteiger partial charge in [-0.2, -0.15) is 10.4 Å². The average molecular weight is 481 g/mol. The summed E-state index contributed by atoms with van der Waals surface area (Å²) in [5.41, 5.74) is 2.61. The molecule has 0 N–H and O–H groups in total. The number of hydrogen-bond donors (Lipinski definition) is 0. The van der Waals surface area contributed by atoms with Crippen molar-refractivity contribution in [3.8, 4) is 6.07 Å². The Labute approximate surface area is 202 Å². The van der Waals surface area contributed by atoms with Crippen LogP contribution in [-0.4, -0.2) is 45.0 Å². The van der Waals surface area contributed by atoms with E-state index in [9.17, 15) is 14.4 Å². The summed E-state index contributed by atoms with van der Waals surface area (Å²) in [5.74, 6) is 0.265. The molecule has 2 aliphatic rings. The molecule has 0 radical (unpaired) electrons. The molecule has 2 aliphatic heterocycles. The van der Waals surface area contributed by atoms with Gasteiger partial charge in [-0.05, 0) is 44.2 Å². The van der Waals surface area contributed by atoms with Gasteiger partial charge in [0.25, 0.3) is 5.91 Å². The number of carbonyl (C=O) groups excluding carboxylic acids is 1. The van der Waals surface area contributed by atoms with E-state index in [2.05, 4.69) is 17.9 Å². The fourth-order valence-electron chi connectivity index (χ4n) is 5.12. The molecular weight excluding hydrogens is 455 g/mol. The summed E-state index contributed by atoms with van der Waals surface area (Å²) in [5, 5.41) is 14.0. The monoisotopic (exact) mass is 480 g/mol. The third-order valence-electron chi connectivity index (χ3n) is 6.99. The number of nitrogens with zero attached hydrogens (tertiary/aromatic N) is 6. The predicted molar refractivity (Wildman–Crippen MR) is 127 cm³/mol. The summed E-state index contributed by atoms with van der Waals surface area (Å²) in [4.78, 5) is 22.1. The molecule has 0 bridgehead atoms. The minimum absolute atomic E-state index is 0.00523. The van der Waals surface area contributed by atoms with E-state index < -0.39 is 5.82 Å². The smallest absolute Gasteiger partial charge is 0.256 e. The van der Waals surface area contributed by atoms with Crippen molar-refractivity contribution in [2.24, 2.45) is 11.8 Å². The highest BCUT2D eigenvalue weighted by atomic mass is 35.5. The molecule has 9 heteroatoms. The summed E-state index contributed by atoms with van der Waals surface area (Å²) in [6.45, 7) is 6.11. The highest BCUT2D eigenvalue weighted by molar-refractivity contribution is 6.34. The Morgan fingerprint density at radius 2 is 2.12 bits per heavy atom. The number of halogens is 2. The molecule has 3 aromatic rings. The van der Waals surface area contributed by atoms with Crippen LogP contribution in [0.5, 0.6) is 0 Å². The van der Waals surface area contributed by atoms with Crippen LogP contribution in [-0.2, 0) is 0 Å². The van der Waals surface area contributed by atoms with Gasteiger partial charge in [-0.3, -0.25) is 4.79 Å². The molecule has 3 atom stereocenters. The lowest BCUT2D eigenvalue weighted by atomic mass is 9.98. The fourth-order valence-corrected chi connectivity index (χ4v) is 5.32. The Morgan fingerprint density at radius 1 is 1.29 bits per heavy atom. The van der Waals surface area contributed by atoms with E-state index in [1.54, 1.807) is 15.5 Å². The van der Waals surface area contributed by atoms with Crippen LogP contribution < -0.4 is 4.90 Å². The number of nitriles is 1. The first-order valence-electron chi connectivity index (χ1n) is 11.6. The van der Waals surface area contributed by atoms with Crippen LogP contribution in [0.4, 0.5) is 10.2 Å². The van der Waals surface area contributed by atoms with Gasteiger partial charge in [0, 0.05) is 37.5 Å². The van der Waals surface area contributed by atoms with Crippen LogP contribution in [0, 0.1) is 35.9 Å². The first-order chi connectivity index (χ1) is 16.4. The number of anilines is 1. The molecule has 7 nitrogen and oxygen atoms in total. The number of piperidine rings is 1. The quantitative estimate of drug-likeness (QED) is 0.538. The van der Waals surface area contributed by atoms with Crippen molar-refractivity contribution in [2.75, 3.05) is 24.5 Å². The van der Waals surface area contributed by atoms with Crippen molar-refractivity contribution < 1.29 is 9.18 Å². The summed E-state index contributed by atoms with van der Waals surface area (Å²) >= 11 is 6.12. The van der Waals surface area contributed by atoms with Crippen LogP contribution >= 0.6 is 11.6 Å². The molecule has 2 fully saturated rings. The van der Waals surface area contributed by atoms with E-state index in [4.69, 9.17) is 21.7 Å². The van der Waals surface area contributed by atoms with Crippen LogP contribution in [0.25, 0.3) is 5.65 Å². The number of aryl methyl sites for hydroxylation is 1. The van der Waals surface area contributed by atoms with Crippen LogP contribution in [0.1, 0.15) is 53.8 Å². The molecule has 0 aliphatic carbocycles. The first kappa shape index (κ1) is 22.6. The third kappa shape index (κ3) is 3.88. The lowest BCUT2D eigenvalue weighted by Gasteiger charge is -2.35. The van der Waals surface area contributed by atoms with E-state index in [1.165, 1.54) is 12.1 Å². The molecule has 34 heavy (non-hydrogen) atoms. The van der Waals surface area contributed by atoms with Crippen LogP contribution in [0.2, 0.25) is 5.02 Å². The number of amides is 1. The zero-order valence-corrected chi connectivity index (χ0v) is 20.0. The second kappa shape index (κ2) is 8.88. The van der Waals surface area contributed by atoms with Gasteiger partial charge >= 0.3 is 0 Å². The molecule has 176 valence electrons. The SMILES string of the molecule is Cc1cn2nc([C@@H]3CCCCN3C(=O)c3cccc(F)c3Cl)cc2nc1N1C[C@@H](C#N)[C@@H](C)C1. The Kier molecular flexibility index (Phi) is 5.90. The van der Waals surface area contributed by atoms with Gasteiger partial charge in [-0.15, -0.1) is 0 Å². The minimum Gasteiger partial charge on any atom is -0.355 e. The van der Waals surface area contributed by atoms with Gasteiger partial charge in [0.1, 0.15) is 11.6 Å². The van der Waals surface area contributed by atoms with E-state index in [0.29, 0.717) is 24.7 Å². The summed E-state index contributed by atoms with van der Waals surface area (Å²) in [6.07, 6.45) is 4.56. The van der Waals surface area contributed by atoms with E-state index >= 15 is 0 Å². The molecule has 1 amide bonds. The standard InChI is InChI=1S/C25H26ClFN6O/c1-15-12-31(14-17(15)11-28)24-16(2)13-33-22(29-24)10-20(30-33)21-8-3-4-9-32(21)25(34)18-6-5-7-19(27)23(18)26/h5-7,10,13,15,17,21H,3-4,8-9,12,14H2,1-2H3/t15-,17+,21-/m0/s1. The second-order valence-electron chi connectivity index (χ2n) is 9.35. The highest BCUT2D eigenvalue weighted by Crippen LogP contribution is 2.34. The van der Waals surface area contributed by atoms with Crippen molar-refractivity contribution in [1.29, 1.82) is 5.26 Å². The van der Waals surface area contributed by atoms with E-state index in [0.717, 1.165) is 42.9 Å². The van der Waals surface area contributed by atoms with Gasteiger partial charge in [0.15, 0.2) is 5.65 Å². The molecule has 1 aromatic carbocycles. The maximum Gasteiger partial charge on any atom is 0.256 e. The Hall–Kier alpha value is -3.18. The van der Waals surface area contributed by atoms with Gasteiger partial charge in [0.2, 0.25) is 0 Å². The van der Waals surface area contributed by atoms with Crippen molar-refractivity contribution in [2.45, 2.75) is 39.2 Å². The summed E-state index contributed by atoms with van der Waals surface area (Å²) < 4.78 is 15.7. The van der Waals surface area contributed by atoms with Crippen molar-refractivity contribution in [3.05, 3.63) is 58.1 Å². The average Bonchev–Trinajstić information content (AvgIpc) is 3.42. The highest BCUT2D eigenvalue weighted by Gasteiger charge is 2.33. The molecule has 4 heterocycles. The van der Waals surface area contributed by atoms with Gasteiger partial charge in [0.05, 0.1) is 34.3 Å². The molecule has 2 aromatic heterocycles. The number of rotatable bonds is 3. The summed E-state index contributed by atoms with van der Waals surface area (Å²) in [6, 6.07) is 8.40. The number of carbonyl (C=O) groups is 1. The Bertz CT molecular complexity index is 1300. The topological polar surface area (TPSA) is 77.5 Å². The largest absolute Gasteiger partial charge is 0.355 e. The second-order valence-corrected chi connectivity index (χ2v) is 9.73. The maximum atomic E-state index is 14.0. The number of benzene rings is 1. The minimum atomic E-state index is -0.601. The number of fused-ring (bicyclic) bond motifs is 1. The van der Waals surface area contributed by atoms with Crippen molar-refractivity contribution in [3.63, 3.8) is 0 Å². The van der Waals surface area contributed by atoms with Crippen LogP contribution in [0.3, 0.4) is 0 Å². The first-order valence-corrected chi connectivity index (χ1v) is 12.0. The Morgan fingerprint density at radius 3 is 2.88 bits per heavy atom. The molecule has 0 saturated carbocycles.